The van der Waals surface area contributed by atoms with Gasteiger partial charge < -0.3 is 9.30 Å². The van der Waals surface area contributed by atoms with E-state index in [0.717, 1.165) is 46.2 Å². The lowest BCUT2D eigenvalue weighted by molar-refractivity contribution is 0.474. The van der Waals surface area contributed by atoms with E-state index in [9.17, 15) is 0 Å². The molecule has 2 aromatic heterocycles. The van der Waals surface area contributed by atoms with Gasteiger partial charge in [-0.15, -0.1) is 0 Å². The molecule has 148 valence electrons. The smallest absolute Gasteiger partial charge is 0.153 e. The van der Waals surface area contributed by atoms with E-state index < -0.39 is 0 Å². The highest BCUT2D eigenvalue weighted by atomic mass is 16.5. The van der Waals surface area contributed by atoms with E-state index in [1.165, 1.54) is 21.8 Å². The number of hydrogen-bond acceptors (Lipinski definition) is 2. The molecule has 31 heavy (non-hydrogen) atoms. The van der Waals surface area contributed by atoms with Gasteiger partial charge in [0.2, 0.25) is 0 Å². The van der Waals surface area contributed by atoms with Gasteiger partial charge in [0.25, 0.3) is 0 Å². The monoisotopic (exact) mass is 401 g/mol. The third kappa shape index (κ3) is 2.11. The summed E-state index contributed by atoms with van der Waals surface area (Å²) in [4.78, 5) is 5.13. The van der Waals surface area contributed by atoms with Gasteiger partial charge >= 0.3 is 0 Å². The minimum absolute atomic E-state index is 0.842. The van der Waals surface area contributed by atoms with Crippen LogP contribution in [0.4, 0.5) is 0 Å². The fraction of sp³-hybridized carbons (Fsp3) is 0.0741. The Hall–Kier alpha value is -4.05. The van der Waals surface area contributed by atoms with Crippen LogP contribution >= 0.6 is 0 Å². The summed E-state index contributed by atoms with van der Waals surface area (Å²) in [5.74, 6) is 2.76. The Morgan fingerprint density at radius 3 is 2.10 bits per heavy atom. The number of aromatic nitrogens is 3. The molecule has 1 aliphatic rings. The minimum atomic E-state index is 0.842. The maximum Gasteiger partial charge on any atom is 0.153 e. The first kappa shape index (κ1) is 16.7. The molecule has 0 radical (unpaired) electrons. The molecular weight excluding hydrogens is 382 g/mol. The molecule has 0 unspecified atom stereocenters. The molecule has 7 rings (SSSR count). The highest BCUT2D eigenvalue weighted by Crippen LogP contribution is 2.44. The SMILES string of the molecule is CCc1nc2c(-n3c4ccccc4c4ccccc43)ccc3c2n1-c1ccccc1O3. The molecular formula is C27H19N3O. The van der Waals surface area contributed by atoms with E-state index >= 15 is 0 Å². The van der Waals surface area contributed by atoms with E-state index in [1.807, 2.05) is 12.1 Å². The van der Waals surface area contributed by atoms with Gasteiger partial charge in [-0.2, -0.15) is 0 Å². The zero-order valence-corrected chi connectivity index (χ0v) is 17.0. The number of rotatable bonds is 2. The number of ether oxygens (including phenoxy) is 1. The van der Waals surface area contributed by atoms with E-state index in [2.05, 4.69) is 88.9 Å². The summed E-state index contributed by atoms with van der Waals surface area (Å²) >= 11 is 0. The summed E-state index contributed by atoms with van der Waals surface area (Å²) in [5.41, 5.74) is 6.50. The highest BCUT2D eigenvalue weighted by Gasteiger charge is 2.26. The minimum Gasteiger partial charge on any atom is -0.453 e. The van der Waals surface area contributed by atoms with E-state index in [-0.39, 0.29) is 0 Å². The van der Waals surface area contributed by atoms with E-state index in [0.29, 0.717) is 0 Å². The molecule has 0 aliphatic carbocycles. The molecule has 0 N–H and O–H groups in total. The van der Waals surface area contributed by atoms with Crippen molar-refractivity contribution in [1.82, 2.24) is 14.1 Å². The van der Waals surface area contributed by atoms with Gasteiger partial charge in [-0.25, -0.2) is 4.98 Å². The number of para-hydroxylation sites is 4. The average molecular weight is 401 g/mol. The van der Waals surface area contributed by atoms with E-state index in [4.69, 9.17) is 9.72 Å². The summed E-state index contributed by atoms with van der Waals surface area (Å²) in [6.07, 6.45) is 0.842. The van der Waals surface area contributed by atoms with Crippen molar-refractivity contribution in [2.24, 2.45) is 0 Å². The van der Waals surface area contributed by atoms with Gasteiger partial charge in [-0.3, -0.25) is 4.57 Å². The number of hydrogen-bond donors (Lipinski definition) is 0. The van der Waals surface area contributed by atoms with Crippen LogP contribution in [-0.4, -0.2) is 14.1 Å². The normalized spacial score (nSPS) is 12.4. The Labute approximate surface area is 178 Å². The maximum atomic E-state index is 6.28. The van der Waals surface area contributed by atoms with Gasteiger partial charge in [-0.05, 0) is 36.4 Å². The Morgan fingerprint density at radius 1 is 0.677 bits per heavy atom. The molecule has 3 heterocycles. The molecule has 0 bridgehead atoms. The van der Waals surface area contributed by atoms with Gasteiger partial charge in [0.15, 0.2) is 11.5 Å². The lowest BCUT2D eigenvalue weighted by Crippen LogP contribution is -2.07. The second-order valence-electron chi connectivity index (χ2n) is 7.94. The average Bonchev–Trinajstić information content (AvgIpc) is 3.37. The molecule has 0 atom stereocenters. The number of nitrogens with zero attached hydrogens (tertiary/aromatic N) is 3. The zero-order valence-electron chi connectivity index (χ0n) is 17.0. The van der Waals surface area contributed by atoms with Crippen molar-refractivity contribution in [3.8, 4) is 22.9 Å². The Balaban J connectivity index is 1.65. The highest BCUT2D eigenvalue weighted by molar-refractivity contribution is 6.10. The maximum absolute atomic E-state index is 6.28. The van der Waals surface area contributed by atoms with Crippen LogP contribution in [-0.2, 0) is 6.42 Å². The second-order valence-corrected chi connectivity index (χ2v) is 7.94. The number of benzene rings is 4. The van der Waals surface area contributed by atoms with Crippen molar-refractivity contribution in [2.75, 3.05) is 0 Å². The largest absolute Gasteiger partial charge is 0.453 e. The number of imidazole rings is 1. The lowest BCUT2D eigenvalue weighted by atomic mass is 10.2. The third-order valence-electron chi connectivity index (χ3n) is 6.28. The first-order chi connectivity index (χ1) is 15.3. The van der Waals surface area contributed by atoms with Crippen LogP contribution < -0.4 is 4.74 Å². The van der Waals surface area contributed by atoms with Crippen LogP contribution in [0.1, 0.15) is 12.7 Å². The summed E-state index contributed by atoms with van der Waals surface area (Å²) < 4.78 is 10.9. The van der Waals surface area contributed by atoms with Crippen LogP contribution in [0.15, 0.2) is 84.9 Å². The molecule has 0 saturated heterocycles. The van der Waals surface area contributed by atoms with Gasteiger partial charge in [0.1, 0.15) is 16.9 Å². The number of aryl methyl sites for hydroxylation is 1. The summed E-state index contributed by atoms with van der Waals surface area (Å²) in [7, 11) is 0. The topological polar surface area (TPSA) is 32.0 Å². The Morgan fingerprint density at radius 2 is 1.35 bits per heavy atom. The van der Waals surface area contributed by atoms with Crippen molar-refractivity contribution in [3.05, 3.63) is 90.8 Å². The van der Waals surface area contributed by atoms with Gasteiger partial charge in [-0.1, -0.05) is 55.5 Å². The third-order valence-corrected chi connectivity index (χ3v) is 6.28. The first-order valence-corrected chi connectivity index (χ1v) is 10.7. The predicted molar refractivity (Wildman–Crippen MR) is 125 cm³/mol. The molecule has 4 nitrogen and oxygen atoms in total. The van der Waals surface area contributed by atoms with Gasteiger partial charge in [0, 0.05) is 17.2 Å². The lowest BCUT2D eigenvalue weighted by Gasteiger charge is -2.21. The fourth-order valence-electron chi connectivity index (χ4n) is 4.97. The van der Waals surface area contributed by atoms with Crippen molar-refractivity contribution in [2.45, 2.75) is 13.3 Å². The molecule has 0 spiro atoms. The van der Waals surface area contributed by atoms with Crippen molar-refractivity contribution < 1.29 is 4.74 Å². The molecule has 1 aliphatic heterocycles. The number of fused-ring (bicyclic) bond motifs is 5. The van der Waals surface area contributed by atoms with Crippen molar-refractivity contribution >= 4 is 32.8 Å². The first-order valence-electron chi connectivity index (χ1n) is 10.7. The molecule has 6 aromatic rings. The molecule has 0 fully saturated rings. The fourth-order valence-corrected chi connectivity index (χ4v) is 4.97. The van der Waals surface area contributed by atoms with Crippen LogP contribution in [0.2, 0.25) is 0 Å². The van der Waals surface area contributed by atoms with Crippen molar-refractivity contribution in [3.63, 3.8) is 0 Å². The molecule has 0 amide bonds. The van der Waals surface area contributed by atoms with E-state index in [1.54, 1.807) is 0 Å². The Bertz CT molecular complexity index is 1600. The van der Waals surface area contributed by atoms with Gasteiger partial charge in [0.05, 0.1) is 22.4 Å². The standard InChI is InChI=1S/C27H19N3O/c1-2-25-28-26-22(15-16-24-27(26)30(25)21-13-7-8-14-23(21)31-24)29-19-11-5-3-9-17(19)18-10-4-6-12-20(18)29/h3-16H,2H2,1H3. The van der Waals surface area contributed by atoms with Crippen LogP contribution in [0.25, 0.3) is 44.2 Å². The summed E-state index contributed by atoms with van der Waals surface area (Å²) in [6, 6.07) is 29.6. The Kier molecular flexibility index (Phi) is 3.23. The van der Waals surface area contributed by atoms with Crippen LogP contribution in [0.3, 0.4) is 0 Å². The molecule has 4 heteroatoms. The molecule has 4 aromatic carbocycles. The van der Waals surface area contributed by atoms with Crippen molar-refractivity contribution in [1.29, 1.82) is 0 Å². The second kappa shape index (κ2) is 5.99. The predicted octanol–water partition coefficient (Wildman–Crippen LogP) is 6.79. The molecule has 0 saturated carbocycles. The van der Waals surface area contributed by atoms with Crippen LogP contribution in [0, 0.1) is 0 Å². The summed E-state index contributed by atoms with van der Waals surface area (Å²) in [5, 5.41) is 2.50. The summed E-state index contributed by atoms with van der Waals surface area (Å²) in [6.45, 7) is 2.16. The zero-order chi connectivity index (χ0) is 20.5. The van der Waals surface area contributed by atoms with Crippen LogP contribution in [0.5, 0.6) is 11.5 Å². The quantitative estimate of drug-likeness (QED) is 0.319.